The number of ether oxygens (including phenoxy) is 2. The Morgan fingerprint density at radius 1 is 0.857 bits per heavy atom. The van der Waals surface area contributed by atoms with Crippen molar-refractivity contribution in [1.29, 1.82) is 0 Å². The average Bonchev–Trinajstić information content (AvgIpc) is 3.18. The standard InChI is InChI=1S/C27H25FN2O5/c1-4-33-23-15-21(30-27(32)25-16(3)19-13-18(28)11-12-22(19)35-25)24(34-5-2)14-20(23)29-26(31)17-9-7-6-8-10-17/h6-15H,4-5H2,1-3H3,(H,29,31)(H,30,32). The van der Waals surface area contributed by atoms with Crippen molar-refractivity contribution in [3.8, 4) is 11.5 Å². The highest BCUT2D eigenvalue weighted by molar-refractivity contribution is 6.08. The van der Waals surface area contributed by atoms with Gasteiger partial charge in [0.05, 0.1) is 24.6 Å². The van der Waals surface area contributed by atoms with Crippen LogP contribution in [-0.2, 0) is 0 Å². The maximum absolute atomic E-state index is 13.7. The number of hydrogen-bond acceptors (Lipinski definition) is 5. The molecule has 4 rings (SSSR count). The number of aryl methyl sites for hydroxylation is 1. The highest BCUT2D eigenvalue weighted by Crippen LogP contribution is 2.38. The number of hydrogen-bond donors (Lipinski definition) is 2. The predicted octanol–water partition coefficient (Wildman–Crippen LogP) is 6.18. The van der Waals surface area contributed by atoms with Gasteiger partial charge >= 0.3 is 0 Å². The molecule has 0 aliphatic rings. The van der Waals surface area contributed by atoms with Gasteiger partial charge in [-0.15, -0.1) is 0 Å². The van der Waals surface area contributed by atoms with Crippen molar-refractivity contribution in [2.75, 3.05) is 23.8 Å². The third-order valence-corrected chi connectivity index (χ3v) is 5.32. The first kappa shape index (κ1) is 23.8. The molecule has 4 aromatic rings. The molecule has 1 heterocycles. The number of amides is 2. The molecule has 7 nitrogen and oxygen atoms in total. The molecule has 1 aromatic heterocycles. The monoisotopic (exact) mass is 476 g/mol. The van der Waals surface area contributed by atoms with E-state index in [-0.39, 0.29) is 11.7 Å². The smallest absolute Gasteiger partial charge is 0.291 e. The molecule has 0 radical (unpaired) electrons. The quantitative estimate of drug-likeness (QED) is 0.317. The highest BCUT2D eigenvalue weighted by Gasteiger charge is 2.22. The molecule has 0 atom stereocenters. The lowest BCUT2D eigenvalue weighted by Crippen LogP contribution is -2.16. The Balaban J connectivity index is 1.67. The number of nitrogens with one attached hydrogen (secondary N) is 2. The summed E-state index contributed by atoms with van der Waals surface area (Å²) in [6, 6.07) is 16.1. The summed E-state index contributed by atoms with van der Waals surface area (Å²) in [5.74, 6) is -0.486. The first-order chi connectivity index (χ1) is 16.9. The number of benzene rings is 3. The summed E-state index contributed by atoms with van der Waals surface area (Å²) in [5.41, 5.74) is 2.16. The maximum atomic E-state index is 13.7. The summed E-state index contributed by atoms with van der Waals surface area (Å²) in [7, 11) is 0. The van der Waals surface area contributed by atoms with Crippen LogP contribution in [0.15, 0.2) is 65.1 Å². The van der Waals surface area contributed by atoms with Crippen LogP contribution in [0.25, 0.3) is 11.0 Å². The molecule has 35 heavy (non-hydrogen) atoms. The Morgan fingerprint density at radius 3 is 2.06 bits per heavy atom. The lowest BCUT2D eigenvalue weighted by atomic mass is 10.1. The summed E-state index contributed by atoms with van der Waals surface area (Å²) in [4.78, 5) is 25.8. The molecule has 0 fully saturated rings. The summed E-state index contributed by atoms with van der Waals surface area (Å²) >= 11 is 0. The van der Waals surface area contributed by atoms with E-state index in [0.717, 1.165) is 0 Å². The van der Waals surface area contributed by atoms with Gasteiger partial charge < -0.3 is 24.5 Å². The summed E-state index contributed by atoms with van der Waals surface area (Å²) in [5, 5.41) is 6.16. The van der Waals surface area contributed by atoms with Gasteiger partial charge in [0.15, 0.2) is 5.76 Å². The zero-order chi connectivity index (χ0) is 24.9. The lowest BCUT2D eigenvalue weighted by Gasteiger charge is -2.17. The number of rotatable bonds is 8. The molecule has 0 aliphatic heterocycles. The second-order valence-electron chi connectivity index (χ2n) is 7.68. The van der Waals surface area contributed by atoms with Crippen LogP contribution in [0.3, 0.4) is 0 Å². The minimum atomic E-state index is -0.524. The fourth-order valence-corrected chi connectivity index (χ4v) is 3.68. The fraction of sp³-hybridized carbons (Fsp3) is 0.185. The second kappa shape index (κ2) is 10.3. The van der Waals surface area contributed by atoms with Crippen molar-refractivity contribution >= 4 is 34.2 Å². The van der Waals surface area contributed by atoms with Gasteiger partial charge in [-0.3, -0.25) is 9.59 Å². The van der Waals surface area contributed by atoms with Crippen LogP contribution in [0, 0.1) is 12.7 Å². The van der Waals surface area contributed by atoms with Gasteiger partial charge in [-0.05, 0) is 51.1 Å². The molecule has 8 heteroatoms. The van der Waals surface area contributed by atoms with Gasteiger partial charge in [0.2, 0.25) is 0 Å². The minimum absolute atomic E-state index is 0.0625. The van der Waals surface area contributed by atoms with Crippen LogP contribution in [0.4, 0.5) is 15.8 Å². The number of carbonyl (C=O) groups is 2. The topological polar surface area (TPSA) is 89.8 Å². The minimum Gasteiger partial charge on any atom is -0.492 e. The first-order valence-corrected chi connectivity index (χ1v) is 11.2. The van der Waals surface area contributed by atoms with E-state index in [9.17, 15) is 14.0 Å². The molecular formula is C27H25FN2O5. The molecule has 0 saturated heterocycles. The molecule has 3 aromatic carbocycles. The Kier molecular flexibility index (Phi) is 7.01. The zero-order valence-electron chi connectivity index (χ0n) is 19.6. The SMILES string of the molecule is CCOc1cc(NC(=O)c2oc3ccc(F)cc3c2C)c(OCC)cc1NC(=O)c1ccccc1. The summed E-state index contributed by atoms with van der Waals surface area (Å²) < 4.78 is 30.8. The van der Waals surface area contributed by atoms with E-state index in [0.29, 0.717) is 58.2 Å². The molecule has 2 amide bonds. The molecule has 2 N–H and O–H groups in total. The normalized spacial score (nSPS) is 10.7. The van der Waals surface area contributed by atoms with Crippen molar-refractivity contribution in [2.24, 2.45) is 0 Å². The van der Waals surface area contributed by atoms with E-state index in [4.69, 9.17) is 13.9 Å². The predicted molar refractivity (Wildman–Crippen MR) is 132 cm³/mol. The van der Waals surface area contributed by atoms with Gasteiger partial charge in [0.1, 0.15) is 22.9 Å². The van der Waals surface area contributed by atoms with Crippen LogP contribution in [0.5, 0.6) is 11.5 Å². The van der Waals surface area contributed by atoms with Gasteiger partial charge in [0.25, 0.3) is 11.8 Å². The first-order valence-electron chi connectivity index (χ1n) is 11.2. The Bertz CT molecular complexity index is 1380. The Morgan fingerprint density at radius 2 is 1.46 bits per heavy atom. The third kappa shape index (κ3) is 5.11. The van der Waals surface area contributed by atoms with E-state index in [2.05, 4.69) is 10.6 Å². The molecule has 0 spiro atoms. The molecule has 0 saturated carbocycles. The third-order valence-electron chi connectivity index (χ3n) is 5.32. The van der Waals surface area contributed by atoms with Crippen LogP contribution in [-0.4, -0.2) is 25.0 Å². The average molecular weight is 477 g/mol. The van der Waals surface area contributed by atoms with Gasteiger partial charge in [0, 0.05) is 28.6 Å². The van der Waals surface area contributed by atoms with Crippen molar-refractivity contribution < 1.29 is 27.9 Å². The van der Waals surface area contributed by atoms with Crippen LogP contribution < -0.4 is 20.1 Å². The number of furan rings is 1. The maximum Gasteiger partial charge on any atom is 0.291 e. The van der Waals surface area contributed by atoms with Crippen molar-refractivity contribution in [1.82, 2.24) is 0 Å². The van der Waals surface area contributed by atoms with E-state index >= 15 is 0 Å². The van der Waals surface area contributed by atoms with Crippen LogP contribution in [0.2, 0.25) is 0 Å². The summed E-state index contributed by atoms with van der Waals surface area (Å²) in [6.07, 6.45) is 0. The fourth-order valence-electron chi connectivity index (χ4n) is 3.68. The second-order valence-corrected chi connectivity index (χ2v) is 7.68. The number of anilines is 2. The van der Waals surface area contributed by atoms with Gasteiger partial charge in [-0.2, -0.15) is 0 Å². The van der Waals surface area contributed by atoms with Crippen molar-refractivity contribution in [2.45, 2.75) is 20.8 Å². The molecule has 0 aliphatic carbocycles. The van der Waals surface area contributed by atoms with Gasteiger partial charge in [-0.1, -0.05) is 18.2 Å². The molecule has 0 unspecified atom stereocenters. The largest absolute Gasteiger partial charge is 0.492 e. The number of fused-ring (bicyclic) bond motifs is 1. The van der Waals surface area contributed by atoms with E-state index < -0.39 is 11.7 Å². The molecule has 180 valence electrons. The van der Waals surface area contributed by atoms with E-state index in [1.165, 1.54) is 18.2 Å². The molecule has 0 bridgehead atoms. The van der Waals surface area contributed by atoms with Crippen LogP contribution >= 0.6 is 0 Å². The Hall–Kier alpha value is -4.33. The highest BCUT2D eigenvalue weighted by atomic mass is 19.1. The van der Waals surface area contributed by atoms with Gasteiger partial charge in [-0.25, -0.2) is 4.39 Å². The van der Waals surface area contributed by atoms with Crippen LogP contribution in [0.1, 0.15) is 40.3 Å². The number of halogens is 1. The van der Waals surface area contributed by atoms with E-state index in [1.807, 2.05) is 19.9 Å². The van der Waals surface area contributed by atoms with Crippen molar-refractivity contribution in [3.63, 3.8) is 0 Å². The van der Waals surface area contributed by atoms with Crippen molar-refractivity contribution in [3.05, 3.63) is 83.4 Å². The molecular weight excluding hydrogens is 451 g/mol. The van der Waals surface area contributed by atoms with E-state index in [1.54, 1.807) is 43.3 Å². The zero-order valence-corrected chi connectivity index (χ0v) is 19.6. The Labute approximate surface area is 201 Å². The lowest BCUT2D eigenvalue weighted by molar-refractivity contribution is 0.0995. The summed E-state index contributed by atoms with van der Waals surface area (Å²) in [6.45, 7) is 5.98. The number of carbonyl (C=O) groups excluding carboxylic acids is 2.